The van der Waals surface area contributed by atoms with Gasteiger partial charge in [-0.15, -0.1) is 0 Å². The highest BCUT2D eigenvalue weighted by Gasteiger charge is 2.16. The SMILES string of the molecule is NCc1cccc(F)c1Oc1ccc2c(c1)CCC(=O)N2. The van der Waals surface area contributed by atoms with E-state index in [-0.39, 0.29) is 18.2 Å². The molecule has 4 nitrogen and oxygen atoms in total. The third kappa shape index (κ3) is 2.73. The maximum absolute atomic E-state index is 13.9. The average molecular weight is 286 g/mol. The number of nitrogens with two attached hydrogens (primary N) is 1. The van der Waals surface area contributed by atoms with Crippen molar-refractivity contribution < 1.29 is 13.9 Å². The van der Waals surface area contributed by atoms with Crippen LogP contribution >= 0.6 is 0 Å². The number of amides is 1. The molecule has 1 heterocycles. The van der Waals surface area contributed by atoms with Crippen LogP contribution in [0.1, 0.15) is 17.5 Å². The zero-order valence-electron chi connectivity index (χ0n) is 11.4. The van der Waals surface area contributed by atoms with Gasteiger partial charge in [0.1, 0.15) is 5.75 Å². The molecule has 0 radical (unpaired) electrons. The van der Waals surface area contributed by atoms with Crippen molar-refractivity contribution in [3.8, 4) is 11.5 Å². The van der Waals surface area contributed by atoms with Gasteiger partial charge in [-0.2, -0.15) is 0 Å². The summed E-state index contributed by atoms with van der Waals surface area (Å²) < 4.78 is 19.5. The Morgan fingerprint density at radius 2 is 2.10 bits per heavy atom. The van der Waals surface area contributed by atoms with Gasteiger partial charge in [0.15, 0.2) is 11.6 Å². The molecule has 2 aromatic carbocycles. The Hall–Kier alpha value is -2.40. The molecule has 3 rings (SSSR count). The number of ether oxygens (including phenoxy) is 1. The topological polar surface area (TPSA) is 64.3 Å². The Labute approximate surface area is 121 Å². The highest BCUT2D eigenvalue weighted by atomic mass is 19.1. The summed E-state index contributed by atoms with van der Waals surface area (Å²) in [6, 6.07) is 9.97. The second-order valence-electron chi connectivity index (χ2n) is 4.90. The van der Waals surface area contributed by atoms with E-state index in [1.807, 2.05) is 6.07 Å². The van der Waals surface area contributed by atoms with E-state index in [1.54, 1.807) is 24.3 Å². The number of hydrogen-bond acceptors (Lipinski definition) is 3. The number of anilines is 1. The first-order chi connectivity index (χ1) is 10.2. The lowest BCUT2D eigenvalue weighted by Gasteiger charge is -2.18. The van der Waals surface area contributed by atoms with Crippen molar-refractivity contribution in [1.29, 1.82) is 0 Å². The first-order valence-electron chi connectivity index (χ1n) is 6.75. The van der Waals surface area contributed by atoms with Crippen LogP contribution < -0.4 is 15.8 Å². The zero-order valence-corrected chi connectivity index (χ0v) is 11.4. The first kappa shape index (κ1) is 13.6. The van der Waals surface area contributed by atoms with Gasteiger partial charge in [-0.05, 0) is 36.2 Å². The average Bonchev–Trinajstić information content (AvgIpc) is 2.49. The number of para-hydroxylation sites is 1. The predicted octanol–water partition coefficient (Wildman–Crippen LogP) is 2.96. The molecule has 1 amide bonds. The van der Waals surface area contributed by atoms with Gasteiger partial charge in [-0.25, -0.2) is 4.39 Å². The standard InChI is InChI=1S/C16H15FN2O2/c17-13-3-1-2-11(9-18)16(13)21-12-5-6-14-10(8-12)4-7-15(20)19-14/h1-3,5-6,8H,4,7,9,18H2,(H,19,20). The van der Waals surface area contributed by atoms with E-state index >= 15 is 0 Å². The third-order valence-electron chi connectivity index (χ3n) is 3.46. The van der Waals surface area contributed by atoms with E-state index in [9.17, 15) is 9.18 Å². The molecule has 21 heavy (non-hydrogen) atoms. The molecule has 0 saturated carbocycles. The summed E-state index contributed by atoms with van der Waals surface area (Å²) in [5, 5.41) is 2.80. The van der Waals surface area contributed by atoms with Gasteiger partial charge >= 0.3 is 0 Å². The van der Waals surface area contributed by atoms with Gasteiger partial charge < -0.3 is 15.8 Å². The van der Waals surface area contributed by atoms with Crippen molar-refractivity contribution in [2.75, 3.05) is 5.32 Å². The van der Waals surface area contributed by atoms with Crippen molar-refractivity contribution in [2.45, 2.75) is 19.4 Å². The second kappa shape index (κ2) is 5.54. The van der Waals surface area contributed by atoms with Crippen LogP contribution in [0.3, 0.4) is 0 Å². The molecule has 0 aliphatic carbocycles. The predicted molar refractivity (Wildman–Crippen MR) is 77.8 cm³/mol. The lowest BCUT2D eigenvalue weighted by atomic mass is 10.0. The summed E-state index contributed by atoms with van der Waals surface area (Å²) in [5.41, 5.74) is 7.98. The van der Waals surface area contributed by atoms with Crippen LogP contribution in [0.2, 0.25) is 0 Å². The van der Waals surface area contributed by atoms with Gasteiger partial charge in [0, 0.05) is 24.2 Å². The molecule has 3 N–H and O–H groups in total. The minimum Gasteiger partial charge on any atom is -0.454 e. The summed E-state index contributed by atoms with van der Waals surface area (Å²) in [4.78, 5) is 11.3. The lowest BCUT2D eigenvalue weighted by Crippen LogP contribution is -2.18. The van der Waals surface area contributed by atoms with Gasteiger partial charge in [0.2, 0.25) is 5.91 Å². The Bertz CT molecular complexity index is 701. The normalized spacial score (nSPS) is 13.5. The molecule has 0 spiro atoms. The monoisotopic (exact) mass is 286 g/mol. The number of carbonyl (C=O) groups excluding carboxylic acids is 1. The number of hydrogen-bond donors (Lipinski definition) is 2. The summed E-state index contributed by atoms with van der Waals surface area (Å²) in [6.07, 6.45) is 1.10. The minimum atomic E-state index is -0.441. The Balaban J connectivity index is 1.91. The molecule has 1 aliphatic heterocycles. The number of carbonyl (C=O) groups is 1. The molecular weight excluding hydrogens is 271 g/mol. The van der Waals surface area contributed by atoms with Crippen molar-refractivity contribution in [3.63, 3.8) is 0 Å². The summed E-state index contributed by atoms with van der Waals surface area (Å²) in [5.74, 6) is 0.254. The number of nitrogens with one attached hydrogen (secondary N) is 1. The Kier molecular flexibility index (Phi) is 3.58. The maximum Gasteiger partial charge on any atom is 0.224 e. The highest BCUT2D eigenvalue weighted by Crippen LogP contribution is 2.32. The largest absolute Gasteiger partial charge is 0.454 e. The van der Waals surface area contributed by atoms with E-state index < -0.39 is 5.82 Å². The first-order valence-corrected chi connectivity index (χ1v) is 6.75. The third-order valence-corrected chi connectivity index (χ3v) is 3.46. The summed E-state index contributed by atoms with van der Waals surface area (Å²) in [7, 11) is 0. The number of rotatable bonds is 3. The van der Waals surface area contributed by atoms with E-state index in [2.05, 4.69) is 5.32 Å². The van der Waals surface area contributed by atoms with Crippen molar-refractivity contribution in [1.82, 2.24) is 0 Å². The molecular formula is C16H15FN2O2. The maximum atomic E-state index is 13.9. The lowest BCUT2D eigenvalue weighted by molar-refractivity contribution is -0.116. The van der Waals surface area contributed by atoms with Gasteiger partial charge in [0.25, 0.3) is 0 Å². The molecule has 0 aromatic heterocycles. The van der Waals surface area contributed by atoms with E-state index in [1.165, 1.54) is 6.07 Å². The number of benzene rings is 2. The number of fused-ring (bicyclic) bond motifs is 1. The number of halogens is 1. The van der Waals surface area contributed by atoms with Gasteiger partial charge in [-0.3, -0.25) is 4.79 Å². The smallest absolute Gasteiger partial charge is 0.224 e. The van der Waals surface area contributed by atoms with Crippen LogP contribution in [-0.2, 0) is 17.8 Å². The minimum absolute atomic E-state index is 0.00990. The summed E-state index contributed by atoms with van der Waals surface area (Å²) in [6.45, 7) is 0.202. The van der Waals surface area contributed by atoms with Crippen LogP contribution in [0.25, 0.3) is 0 Å². The molecule has 2 aromatic rings. The molecule has 0 fully saturated rings. The van der Waals surface area contributed by atoms with Crippen LogP contribution in [0, 0.1) is 5.82 Å². The molecule has 0 saturated heterocycles. The fourth-order valence-electron chi connectivity index (χ4n) is 2.37. The van der Waals surface area contributed by atoms with E-state index in [0.29, 0.717) is 24.2 Å². The van der Waals surface area contributed by atoms with Crippen molar-refractivity contribution in [2.24, 2.45) is 5.73 Å². The van der Waals surface area contributed by atoms with Crippen LogP contribution in [-0.4, -0.2) is 5.91 Å². The van der Waals surface area contributed by atoms with Gasteiger partial charge in [-0.1, -0.05) is 12.1 Å². The molecule has 108 valence electrons. The second-order valence-corrected chi connectivity index (χ2v) is 4.90. The quantitative estimate of drug-likeness (QED) is 0.911. The Morgan fingerprint density at radius 3 is 2.90 bits per heavy atom. The van der Waals surface area contributed by atoms with Crippen molar-refractivity contribution >= 4 is 11.6 Å². The zero-order chi connectivity index (χ0) is 14.8. The van der Waals surface area contributed by atoms with Crippen LogP contribution in [0.4, 0.5) is 10.1 Å². The van der Waals surface area contributed by atoms with Crippen LogP contribution in [0.5, 0.6) is 11.5 Å². The fourth-order valence-corrected chi connectivity index (χ4v) is 2.37. The van der Waals surface area contributed by atoms with Crippen LogP contribution in [0.15, 0.2) is 36.4 Å². The van der Waals surface area contributed by atoms with Crippen molar-refractivity contribution in [3.05, 3.63) is 53.3 Å². The summed E-state index contributed by atoms with van der Waals surface area (Å²) >= 11 is 0. The Morgan fingerprint density at radius 1 is 1.24 bits per heavy atom. The molecule has 5 heteroatoms. The van der Waals surface area contributed by atoms with Gasteiger partial charge in [0.05, 0.1) is 0 Å². The molecule has 0 bridgehead atoms. The fraction of sp³-hybridized carbons (Fsp3) is 0.188. The molecule has 1 aliphatic rings. The number of aryl methyl sites for hydroxylation is 1. The van der Waals surface area contributed by atoms with E-state index in [4.69, 9.17) is 10.5 Å². The highest BCUT2D eigenvalue weighted by molar-refractivity contribution is 5.94. The molecule has 0 unspecified atom stereocenters. The van der Waals surface area contributed by atoms with E-state index in [0.717, 1.165) is 11.3 Å². The molecule has 0 atom stereocenters.